The van der Waals surface area contributed by atoms with Crippen molar-refractivity contribution in [3.05, 3.63) is 101 Å². The van der Waals surface area contributed by atoms with E-state index in [4.69, 9.17) is 4.42 Å². The van der Waals surface area contributed by atoms with Gasteiger partial charge in [-0.05, 0) is 81.0 Å². The lowest BCUT2D eigenvalue weighted by atomic mass is 10.1. The van der Waals surface area contributed by atoms with Crippen molar-refractivity contribution in [2.24, 2.45) is 5.10 Å². The first-order valence-corrected chi connectivity index (χ1v) is 11.5. The van der Waals surface area contributed by atoms with E-state index in [1.165, 1.54) is 6.21 Å². The lowest BCUT2D eigenvalue weighted by Crippen LogP contribution is -2.32. The minimum Gasteiger partial charge on any atom is -0.462 e. The third-order valence-electron chi connectivity index (χ3n) is 5.21. The Bertz CT molecular complexity index is 1200. The number of allylic oxidation sites excluding steroid dienone is 1. The van der Waals surface area contributed by atoms with Gasteiger partial charge in [0, 0.05) is 30.6 Å². The van der Waals surface area contributed by atoms with Gasteiger partial charge >= 0.3 is 0 Å². The second-order valence-electron chi connectivity index (χ2n) is 7.67. The van der Waals surface area contributed by atoms with Gasteiger partial charge in [-0.25, -0.2) is 5.43 Å². The van der Waals surface area contributed by atoms with Crippen LogP contribution in [-0.4, -0.2) is 31.1 Å². The number of nitrogens with one attached hydrogen (secondary N) is 2. The number of hydrazone groups is 1. The van der Waals surface area contributed by atoms with E-state index < -0.39 is 5.91 Å². The summed E-state index contributed by atoms with van der Waals surface area (Å²) in [4.78, 5) is 27.8. The van der Waals surface area contributed by atoms with Crippen LogP contribution in [0.3, 0.4) is 0 Å². The van der Waals surface area contributed by atoms with Gasteiger partial charge in [-0.15, -0.1) is 0 Å². The standard InChI is InChI=1S/C28H30N4O3/c1-4-32(5-2)24-16-14-22(15-17-24)20-26(30-27(33)23-10-7-6-8-11-23)28(34)31-29-19-9-12-25-18-13-21(3)35-25/h6-20H,4-5H2,1-3H3,(H,30,33)(H,31,34)/b12-9+,26-20+,29-19+. The van der Waals surface area contributed by atoms with Crippen molar-refractivity contribution in [2.45, 2.75) is 20.8 Å². The van der Waals surface area contributed by atoms with E-state index in [0.29, 0.717) is 11.3 Å². The van der Waals surface area contributed by atoms with Crippen LogP contribution in [0.1, 0.15) is 41.3 Å². The lowest BCUT2D eigenvalue weighted by molar-refractivity contribution is -0.117. The molecule has 0 bridgehead atoms. The summed E-state index contributed by atoms with van der Waals surface area (Å²) < 4.78 is 5.44. The molecule has 0 saturated carbocycles. The summed E-state index contributed by atoms with van der Waals surface area (Å²) in [5.41, 5.74) is 4.85. The highest BCUT2D eigenvalue weighted by atomic mass is 16.3. The van der Waals surface area contributed by atoms with Gasteiger partial charge < -0.3 is 14.6 Å². The van der Waals surface area contributed by atoms with Crippen LogP contribution in [-0.2, 0) is 4.79 Å². The fourth-order valence-electron chi connectivity index (χ4n) is 3.36. The maximum Gasteiger partial charge on any atom is 0.287 e. The predicted octanol–water partition coefficient (Wildman–Crippen LogP) is 5.02. The quantitative estimate of drug-likeness (QED) is 0.247. The number of furan rings is 1. The van der Waals surface area contributed by atoms with Crippen LogP contribution in [0.25, 0.3) is 12.2 Å². The number of aryl methyl sites for hydroxylation is 1. The highest BCUT2D eigenvalue weighted by Gasteiger charge is 2.14. The zero-order valence-corrected chi connectivity index (χ0v) is 20.2. The summed E-state index contributed by atoms with van der Waals surface area (Å²) in [7, 11) is 0. The van der Waals surface area contributed by atoms with E-state index in [1.807, 2.05) is 49.4 Å². The Hall–Kier alpha value is -4.39. The van der Waals surface area contributed by atoms with Crippen LogP contribution >= 0.6 is 0 Å². The molecule has 1 aromatic heterocycles. The Labute approximate surface area is 205 Å². The first kappa shape index (κ1) is 25.2. The average molecular weight is 471 g/mol. The van der Waals surface area contributed by atoms with Crippen molar-refractivity contribution >= 4 is 35.9 Å². The number of benzene rings is 2. The van der Waals surface area contributed by atoms with Crippen LogP contribution < -0.4 is 15.6 Å². The van der Waals surface area contributed by atoms with E-state index in [9.17, 15) is 9.59 Å². The molecule has 7 heteroatoms. The van der Waals surface area contributed by atoms with E-state index in [2.05, 4.69) is 34.6 Å². The molecule has 0 atom stereocenters. The Morgan fingerprint density at radius 1 is 0.971 bits per heavy atom. The van der Waals surface area contributed by atoms with Gasteiger partial charge in [-0.2, -0.15) is 5.10 Å². The molecule has 3 rings (SSSR count). The average Bonchev–Trinajstić information content (AvgIpc) is 3.30. The van der Waals surface area contributed by atoms with E-state index in [-0.39, 0.29) is 11.6 Å². The number of carbonyl (C=O) groups is 2. The van der Waals surface area contributed by atoms with Gasteiger partial charge in [-0.1, -0.05) is 30.3 Å². The molecule has 2 amide bonds. The van der Waals surface area contributed by atoms with Gasteiger partial charge in [0.2, 0.25) is 0 Å². The van der Waals surface area contributed by atoms with Crippen LogP contribution in [0.15, 0.2) is 88.0 Å². The fraction of sp³-hybridized carbons (Fsp3) is 0.179. The minimum atomic E-state index is -0.541. The third-order valence-corrected chi connectivity index (χ3v) is 5.21. The van der Waals surface area contributed by atoms with Crippen molar-refractivity contribution in [1.29, 1.82) is 0 Å². The number of nitrogens with zero attached hydrogens (tertiary/aromatic N) is 2. The number of amides is 2. The largest absolute Gasteiger partial charge is 0.462 e. The SMILES string of the molecule is CCN(CC)c1ccc(/C=C(/NC(=O)c2ccccc2)C(=O)N/N=C/C=C/c2ccc(C)o2)cc1. The molecule has 2 aromatic carbocycles. The van der Waals surface area contributed by atoms with E-state index in [1.54, 1.807) is 42.5 Å². The normalized spacial score (nSPS) is 11.7. The number of carbonyl (C=O) groups excluding carboxylic acids is 2. The van der Waals surface area contributed by atoms with Crippen LogP contribution in [0.2, 0.25) is 0 Å². The Morgan fingerprint density at radius 2 is 1.69 bits per heavy atom. The number of anilines is 1. The zero-order valence-electron chi connectivity index (χ0n) is 20.2. The second kappa shape index (κ2) is 12.7. The molecular formula is C28H30N4O3. The lowest BCUT2D eigenvalue weighted by Gasteiger charge is -2.20. The molecule has 0 radical (unpaired) electrons. The summed E-state index contributed by atoms with van der Waals surface area (Å²) >= 11 is 0. The minimum absolute atomic E-state index is 0.0808. The molecule has 7 nitrogen and oxygen atoms in total. The fourth-order valence-corrected chi connectivity index (χ4v) is 3.36. The van der Waals surface area contributed by atoms with Crippen molar-refractivity contribution in [1.82, 2.24) is 10.7 Å². The predicted molar refractivity (Wildman–Crippen MR) is 141 cm³/mol. The third kappa shape index (κ3) is 7.57. The molecule has 0 unspecified atom stereocenters. The summed E-state index contributed by atoms with van der Waals surface area (Å²) in [5, 5.41) is 6.65. The summed E-state index contributed by atoms with van der Waals surface area (Å²) in [6, 6.07) is 20.2. The van der Waals surface area contributed by atoms with Gasteiger partial charge in [-0.3, -0.25) is 9.59 Å². The molecule has 2 N–H and O–H groups in total. The van der Waals surface area contributed by atoms with Crippen LogP contribution in [0.5, 0.6) is 0 Å². The van der Waals surface area contributed by atoms with Gasteiger partial charge in [0.25, 0.3) is 11.8 Å². The molecule has 0 saturated heterocycles. The van der Waals surface area contributed by atoms with E-state index >= 15 is 0 Å². The Morgan fingerprint density at radius 3 is 2.31 bits per heavy atom. The number of rotatable bonds is 10. The van der Waals surface area contributed by atoms with Crippen LogP contribution in [0, 0.1) is 6.92 Å². The topological polar surface area (TPSA) is 86.9 Å². The summed E-state index contributed by atoms with van der Waals surface area (Å²) in [5.74, 6) is 0.567. The summed E-state index contributed by atoms with van der Waals surface area (Å²) in [6.45, 7) is 7.87. The van der Waals surface area contributed by atoms with Crippen molar-refractivity contribution in [2.75, 3.05) is 18.0 Å². The highest BCUT2D eigenvalue weighted by Crippen LogP contribution is 2.16. The highest BCUT2D eigenvalue weighted by molar-refractivity contribution is 6.05. The molecule has 1 heterocycles. The first-order chi connectivity index (χ1) is 17.0. The molecule has 35 heavy (non-hydrogen) atoms. The van der Waals surface area contributed by atoms with Gasteiger partial charge in [0.05, 0.1) is 0 Å². The monoisotopic (exact) mass is 470 g/mol. The van der Waals surface area contributed by atoms with Crippen LogP contribution in [0.4, 0.5) is 5.69 Å². The number of hydrogen-bond acceptors (Lipinski definition) is 5. The number of hydrogen-bond donors (Lipinski definition) is 2. The second-order valence-corrected chi connectivity index (χ2v) is 7.67. The molecule has 0 aliphatic carbocycles. The molecule has 0 aliphatic rings. The van der Waals surface area contributed by atoms with E-state index in [0.717, 1.165) is 30.1 Å². The molecular weight excluding hydrogens is 440 g/mol. The first-order valence-electron chi connectivity index (χ1n) is 11.5. The smallest absolute Gasteiger partial charge is 0.287 e. The Balaban J connectivity index is 1.76. The molecule has 3 aromatic rings. The van der Waals surface area contributed by atoms with Gasteiger partial charge in [0.1, 0.15) is 17.2 Å². The van der Waals surface area contributed by atoms with Crippen molar-refractivity contribution in [3.8, 4) is 0 Å². The maximum atomic E-state index is 12.9. The van der Waals surface area contributed by atoms with Crippen molar-refractivity contribution in [3.63, 3.8) is 0 Å². The maximum absolute atomic E-state index is 12.9. The molecule has 0 spiro atoms. The zero-order chi connectivity index (χ0) is 25.0. The van der Waals surface area contributed by atoms with Crippen molar-refractivity contribution < 1.29 is 14.0 Å². The molecule has 180 valence electrons. The molecule has 0 aliphatic heterocycles. The molecule has 0 fully saturated rings. The Kier molecular flexibility index (Phi) is 9.19. The summed E-state index contributed by atoms with van der Waals surface area (Å²) in [6.07, 6.45) is 6.44. The van der Waals surface area contributed by atoms with Gasteiger partial charge in [0.15, 0.2) is 0 Å².